The van der Waals surface area contributed by atoms with Gasteiger partial charge in [-0.3, -0.25) is 19.3 Å². The third-order valence-corrected chi connectivity index (χ3v) is 7.73. The van der Waals surface area contributed by atoms with Crippen LogP contribution in [0.2, 0.25) is 0 Å². The molecular formula is C28H36N4O8V. The van der Waals surface area contributed by atoms with Gasteiger partial charge in [-0.05, 0) is 65.3 Å². The summed E-state index contributed by atoms with van der Waals surface area (Å²) >= 11 is 0. The van der Waals surface area contributed by atoms with Crippen LogP contribution >= 0.6 is 0 Å². The monoisotopic (exact) mass is 607 g/mol. The molecule has 3 aliphatic rings. The molecule has 6 N–H and O–H groups in total. The number of rotatable bonds is 5. The fraction of sp³-hybridized carbons (Fsp3) is 0.500. The van der Waals surface area contributed by atoms with Crippen LogP contribution in [0.5, 0.6) is 5.75 Å². The van der Waals surface area contributed by atoms with E-state index >= 15 is 0 Å². The Morgan fingerprint density at radius 2 is 1.78 bits per heavy atom. The molecule has 1 unspecified atom stereocenters. The fourth-order valence-corrected chi connectivity index (χ4v) is 6.05. The van der Waals surface area contributed by atoms with Crippen LogP contribution < -0.4 is 10.6 Å². The number of aromatic hydroxyl groups is 1. The van der Waals surface area contributed by atoms with Crippen molar-refractivity contribution in [2.45, 2.75) is 50.9 Å². The molecule has 221 valence electrons. The summed E-state index contributed by atoms with van der Waals surface area (Å²) in [5.41, 5.74) is 2.42. The van der Waals surface area contributed by atoms with Crippen molar-refractivity contribution in [3.63, 3.8) is 0 Å². The zero-order chi connectivity index (χ0) is 30.1. The Labute approximate surface area is 250 Å². The molecule has 1 aromatic carbocycles. The molecule has 1 saturated carbocycles. The predicted molar refractivity (Wildman–Crippen MR) is 147 cm³/mol. The molecule has 0 aromatic heterocycles. The Bertz CT molecular complexity index is 1410. The van der Waals surface area contributed by atoms with Crippen molar-refractivity contribution in [2.24, 2.45) is 22.7 Å². The second kappa shape index (κ2) is 10.8. The molecular weight excluding hydrogens is 571 g/mol. The number of aliphatic hydroxyl groups excluding tert-OH is 2. The van der Waals surface area contributed by atoms with E-state index in [1.165, 1.54) is 11.1 Å². The fourth-order valence-electron chi connectivity index (χ4n) is 6.05. The van der Waals surface area contributed by atoms with Gasteiger partial charge in [0.25, 0.3) is 5.91 Å². The molecule has 0 aliphatic heterocycles. The van der Waals surface area contributed by atoms with E-state index in [1.54, 1.807) is 59.9 Å². The topological polar surface area (TPSA) is 186 Å². The number of nitrogens with zero attached hydrogens (tertiary/aromatic N) is 3. The van der Waals surface area contributed by atoms with Crippen LogP contribution in [0.25, 0.3) is 5.76 Å². The largest absolute Gasteiger partial charge is 0.508 e. The average Bonchev–Trinajstić information content (AvgIpc) is 2.81. The summed E-state index contributed by atoms with van der Waals surface area (Å²) in [6.07, 6.45) is 1.50. The van der Waals surface area contributed by atoms with Crippen LogP contribution in [-0.2, 0) is 44.2 Å². The van der Waals surface area contributed by atoms with Gasteiger partial charge < -0.3 is 35.9 Å². The third-order valence-electron chi connectivity index (χ3n) is 7.73. The van der Waals surface area contributed by atoms with Crippen molar-refractivity contribution < 1.29 is 58.2 Å². The van der Waals surface area contributed by atoms with E-state index in [0.29, 0.717) is 11.3 Å². The molecule has 0 bridgehead atoms. The van der Waals surface area contributed by atoms with Crippen LogP contribution in [0, 0.1) is 11.8 Å². The van der Waals surface area contributed by atoms with Gasteiger partial charge in [0.2, 0.25) is 5.78 Å². The molecule has 0 spiro atoms. The number of anilines is 1. The minimum Gasteiger partial charge on any atom is -0.508 e. The number of Topliss-reactive ketones (excluding diaryl/α,β-unsaturated/α-hetero) is 2. The molecule has 12 nitrogen and oxygen atoms in total. The van der Waals surface area contributed by atoms with E-state index < -0.39 is 63.6 Å². The second-order valence-corrected chi connectivity index (χ2v) is 12.0. The van der Waals surface area contributed by atoms with E-state index in [2.05, 4.69) is 5.16 Å². The van der Waals surface area contributed by atoms with Gasteiger partial charge in [0, 0.05) is 55.4 Å². The Hall–Kier alpha value is -3.32. The number of hydrogen-bond acceptors (Lipinski definition) is 11. The summed E-state index contributed by atoms with van der Waals surface area (Å²) in [5.74, 6) is -6.97. The average molecular weight is 608 g/mol. The molecule has 1 fully saturated rings. The summed E-state index contributed by atoms with van der Waals surface area (Å²) in [5, 5.41) is 49.4. The second-order valence-electron chi connectivity index (χ2n) is 12.0. The number of benzene rings is 1. The maximum Gasteiger partial charge on any atom is 0.255 e. The normalized spacial score (nSPS) is 26.0. The molecule has 1 radical (unpaired) electrons. The molecule has 0 heterocycles. The maximum absolute atomic E-state index is 14.0. The third kappa shape index (κ3) is 5.03. The van der Waals surface area contributed by atoms with Crippen LogP contribution in [0.4, 0.5) is 5.69 Å². The van der Waals surface area contributed by atoms with Crippen molar-refractivity contribution in [1.29, 1.82) is 0 Å². The molecule has 4 atom stereocenters. The van der Waals surface area contributed by atoms with E-state index in [4.69, 9.17) is 10.6 Å². The number of phenols is 1. The number of primary amides is 1. The van der Waals surface area contributed by atoms with Crippen molar-refractivity contribution in [3.05, 3.63) is 39.7 Å². The minimum atomic E-state index is -2.69. The zero-order valence-corrected chi connectivity index (χ0v) is 25.5. The van der Waals surface area contributed by atoms with Crippen molar-refractivity contribution in [1.82, 2.24) is 4.90 Å². The van der Waals surface area contributed by atoms with Crippen LogP contribution in [-0.4, -0.2) is 94.4 Å². The quantitative estimate of drug-likeness (QED) is 0.185. The summed E-state index contributed by atoms with van der Waals surface area (Å²) in [4.78, 5) is 48.0. The van der Waals surface area contributed by atoms with Gasteiger partial charge in [0.1, 0.15) is 28.4 Å². The van der Waals surface area contributed by atoms with Gasteiger partial charge in [0.15, 0.2) is 11.4 Å². The van der Waals surface area contributed by atoms with E-state index in [1.807, 2.05) is 0 Å². The number of ketones is 2. The van der Waals surface area contributed by atoms with E-state index in [-0.39, 0.29) is 53.8 Å². The van der Waals surface area contributed by atoms with Crippen molar-refractivity contribution in [2.75, 3.05) is 33.1 Å². The molecule has 41 heavy (non-hydrogen) atoms. The van der Waals surface area contributed by atoms with Gasteiger partial charge in [0.05, 0.1) is 17.8 Å². The first-order chi connectivity index (χ1) is 18.4. The summed E-state index contributed by atoms with van der Waals surface area (Å²) in [6, 6.07) is 0.546. The number of phenolic OH excluding ortho intramolecular Hbond substituents is 1. The number of hydrogen-bond donors (Lipinski definition) is 5. The SMILES string of the molecule is CN(C)c1cc(/C=N/OC(C)(C)C)c(O)c2c1C[C@H]1C[C@H]3C(N(C)C)C(=O)C(C(N)=O)=C(O)[C@@]3(O)C(=O)C1=C2O.[V]. The molecule has 3 aliphatic carbocycles. The van der Waals surface area contributed by atoms with Gasteiger partial charge in [-0.1, -0.05) is 5.16 Å². The molecule has 1 aromatic rings. The van der Waals surface area contributed by atoms with E-state index in [0.717, 1.165) is 0 Å². The molecule has 4 rings (SSSR count). The number of likely N-dealkylation sites (N-methyl/N-ethyl adjacent to an activating group) is 1. The molecule has 0 saturated heterocycles. The number of carbonyl (C=O) groups excluding carboxylic acids is 3. The number of carbonyl (C=O) groups is 3. The number of oxime groups is 1. The first kappa shape index (κ1) is 32.2. The van der Waals surface area contributed by atoms with Crippen LogP contribution in [0.15, 0.2) is 28.1 Å². The smallest absolute Gasteiger partial charge is 0.255 e. The number of aliphatic hydroxyl groups is 3. The maximum atomic E-state index is 14.0. The number of nitrogens with two attached hydrogens (primary N) is 1. The summed E-state index contributed by atoms with van der Waals surface area (Å²) < 4.78 is 0. The van der Waals surface area contributed by atoms with Gasteiger partial charge in [-0.15, -0.1) is 0 Å². The Morgan fingerprint density at radius 1 is 1.17 bits per heavy atom. The minimum absolute atomic E-state index is 0. The number of fused-ring (bicyclic) bond motifs is 3. The zero-order valence-electron chi connectivity index (χ0n) is 24.1. The van der Waals surface area contributed by atoms with Crippen molar-refractivity contribution in [3.8, 4) is 5.75 Å². The standard InChI is InChI=1S/C28H36N4O8.V/c1-27(2,3)40-30-11-13-10-16(31(4)5)14-8-12-9-15-20(32(6)7)23(35)19(26(29)38)25(37)28(15,39)24(36)17(12)22(34)18(14)21(13)33;/h10-12,15,20,33-34,37,39H,8-9H2,1-7H3,(H2,29,38);/b30-11+;/t12-,15-,20?,28-;/m0./s1. The van der Waals surface area contributed by atoms with Crippen LogP contribution in [0.1, 0.15) is 43.9 Å². The summed E-state index contributed by atoms with van der Waals surface area (Å²) in [6.45, 7) is 5.41. The van der Waals surface area contributed by atoms with Crippen molar-refractivity contribution >= 4 is 35.1 Å². The Balaban J connectivity index is 0.00000462. The van der Waals surface area contributed by atoms with Gasteiger partial charge in [-0.25, -0.2) is 0 Å². The first-order valence-corrected chi connectivity index (χ1v) is 12.9. The molecule has 1 amide bonds. The van der Waals surface area contributed by atoms with Gasteiger partial charge in [-0.2, -0.15) is 0 Å². The first-order valence-electron chi connectivity index (χ1n) is 12.9. The Morgan fingerprint density at radius 3 is 2.29 bits per heavy atom. The Kier molecular flexibility index (Phi) is 8.50. The predicted octanol–water partition coefficient (Wildman–Crippen LogP) is 1.18. The van der Waals surface area contributed by atoms with Gasteiger partial charge >= 0.3 is 0 Å². The van der Waals surface area contributed by atoms with Crippen LogP contribution in [0.3, 0.4) is 0 Å². The summed E-state index contributed by atoms with van der Waals surface area (Å²) in [7, 11) is 6.69. The molecule has 13 heteroatoms. The number of amides is 1. The van der Waals surface area contributed by atoms with E-state index in [9.17, 15) is 34.8 Å².